The zero-order valence-corrected chi connectivity index (χ0v) is 21.6. The molecule has 0 aromatic heterocycles. The quantitative estimate of drug-likeness (QED) is 0.205. The van der Waals surface area contributed by atoms with Gasteiger partial charge in [0.1, 0.15) is 6.10 Å². The van der Waals surface area contributed by atoms with Gasteiger partial charge in [0, 0.05) is 11.5 Å². The van der Waals surface area contributed by atoms with Gasteiger partial charge in [-0.25, -0.2) is 0 Å². The van der Waals surface area contributed by atoms with Crippen molar-refractivity contribution >= 4 is 14.3 Å². The topological polar surface area (TPSA) is 55.8 Å². The average molecular weight is 427 g/mol. The van der Waals surface area contributed by atoms with E-state index in [9.17, 15) is 9.90 Å². The van der Waals surface area contributed by atoms with Gasteiger partial charge in [0.05, 0.1) is 12.0 Å². The molecule has 0 spiro atoms. The molecule has 0 aromatic rings. The van der Waals surface area contributed by atoms with Crippen molar-refractivity contribution in [3.8, 4) is 0 Å². The molecule has 29 heavy (non-hydrogen) atoms. The molecule has 0 aromatic carbocycles. The number of carbonyl (C=O) groups is 1. The zero-order valence-electron chi connectivity index (χ0n) is 20.6. The van der Waals surface area contributed by atoms with Crippen molar-refractivity contribution in [2.75, 3.05) is 0 Å². The maximum atomic E-state index is 12.2. The van der Waals surface area contributed by atoms with Crippen LogP contribution in [0.25, 0.3) is 0 Å². The molecule has 5 heteroatoms. The fourth-order valence-electron chi connectivity index (χ4n) is 3.85. The Morgan fingerprint density at radius 2 is 1.90 bits per heavy atom. The minimum Gasteiger partial charge on any atom is -0.457 e. The molecule has 1 aliphatic heterocycles. The Bertz CT molecular complexity index is 574. The predicted molar refractivity (Wildman–Crippen MR) is 123 cm³/mol. The van der Waals surface area contributed by atoms with E-state index in [1.54, 1.807) is 6.92 Å². The maximum Gasteiger partial charge on any atom is 0.311 e. The molecule has 1 heterocycles. The van der Waals surface area contributed by atoms with E-state index in [0.717, 1.165) is 18.4 Å². The minimum atomic E-state index is -1.85. The highest BCUT2D eigenvalue weighted by Crippen LogP contribution is 2.41. The number of aliphatic hydroxyl groups excluding tert-OH is 1. The van der Waals surface area contributed by atoms with E-state index in [-0.39, 0.29) is 17.1 Å². The van der Waals surface area contributed by atoms with Gasteiger partial charge in [0.25, 0.3) is 0 Å². The van der Waals surface area contributed by atoms with Crippen LogP contribution < -0.4 is 0 Å². The third-order valence-corrected chi connectivity index (χ3v) is 11.6. The molecule has 0 bridgehead atoms. The van der Waals surface area contributed by atoms with E-state index in [4.69, 9.17) is 9.16 Å². The van der Waals surface area contributed by atoms with Gasteiger partial charge in [-0.05, 0) is 50.4 Å². The Morgan fingerprint density at radius 1 is 1.31 bits per heavy atom. The summed E-state index contributed by atoms with van der Waals surface area (Å²) in [6, 6.07) is 0. The van der Waals surface area contributed by atoms with Crippen LogP contribution in [0.4, 0.5) is 0 Å². The summed E-state index contributed by atoms with van der Waals surface area (Å²) in [6.07, 6.45) is 6.71. The molecule has 4 nitrogen and oxygen atoms in total. The third kappa shape index (κ3) is 6.66. The van der Waals surface area contributed by atoms with Gasteiger partial charge in [-0.15, -0.1) is 0 Å². The molecule has 1 N–H and O–H groups in total. The van der Waals surface area contributed by atoms with Crippen molar-refractivity contribution in [1.82, 2.24) is 0 Å². The van der Waals surface area contributed by atoms with Crippen LogP contribution in [0.3, 0.4) is 0 Å². The zero-order chi connectivity index (χ0) is 22.6. The van der Waals surface area contributed by atoms with Crippen LogP contribution >= 0.6 is 0 Å². The Labute approximate surface area is 180 Å². The van der Waals surface area contributed by atoms with Crippen molar-refractivity contribution < 1.29 is 19.1 Å². The van der Waals surface area contributed by atoms with Crippen LogP contribution in [-0.2, 0) is 14.0 Å². The fourth-order valence-corrected chi connectivity index (χ4v) is 5.25. The number of aliphatic hydroxyl groups is 1. The number of carbonyl (C=O) groups excluding carboxylic acids is 1. The van der Waals surface area contributed by atoms with Crippen LogP contribution in [0.2, 0.25) is 18.1 Å². The Kier molecular flexibility index (Phi) is 9.19. The second-order valence-corrected chi connectivity index (χ2v) is 15.8. The maximum absolute atomic E-state index is 12.2. The van der Waals surface area contributed by atoms with E-state index >= 15 is 0 Å². The van der Waals surface area contributed by atoms with Gasteiger partial charge in [-0.1, -0.05) is 66.9 Å². The highest BCUT2D eigenvalue weighted by molar-refractivity contribution is 6.74. The first-order valence-corrected chi connectivity index (χ1v) is 14.3. The second-order valence-electron chi connectivity index (χ2n) is 11.1. The van der Waals surface area contributed by atoms with Crippen molar-refractivity contribution in [3.05, 3.63) is 11.6 Å². The first kappa shape index (κ1) is 26.4. The van der Waals surface area contributed by atoms with E-state index < -0.39 is 31.9 Å². The number of hydrogen-bond donors (Lipinski definition) is 1. The van der Waals surface area contributed by atoms with Crippen LogP contribution in [-0.4, -0.2) is 37.7 Å². The lowest BCUT2D eigenvalue weighted by molar-refractivity contribution is -0.186. The monoisotopic (exact) mass is 426 g/mol. The summed E-state index contributed by atoms with van der Waals surface area (Å²) in [5, 5.41) is 10.8. The van der Waals surface area contributed by atoms with Gasteiger partial charge in [-0.2, -0.15) is 0 Å². The van der Waals surface area contributed by atoms with Crippen LogP contribution in [0.5, 0.6) is 0 Å². The molecule has 0 unspecified atom stereocenters. The molecule has 0 radical (unpaired) electrons. The lowest BCUT2D eigenvalue weighted by Gasteiger charge is -2.45. The summed E-state index contributed by atoms with van der Waals surface area (Å²) in [5.74, 6) is -0.802. The van der Waals surface area contributed by atoms with Gasteiger partial charge in [0.2, 0.25) is 0 Å². The number of unbranched alkanes of at least 4 members (excludes halogenated alkanes) is 2. The molecule has 1 fully saturated rings. The van der Waals surface area contributed by atoms with Crippen molar-refractivity contribution in [2.24, 2.45) is 11.3 Å². The normalized spacial score (nSPS) is 26.9. The van der Waals surface area contributed by atoms with Crippen molar-refractivity contribution in [1.29, 1.82) is 0 Å². The summed E-state index contributed by atoms with van der Waals surface area (Å²) in [7, 11) is -1.85. The van der Waals surface area contributed by atoms with E-state index in [1.807, 2.05) is 20.8 Å². The highest BCUT2D eigenvalue weighted by Gasteiger charge is 2.49. The van der Waals surface area contributed by atoms with Crippen molar-refractivity contribution in [3.63, 3.8) is 0 Å². The summed E-state index contributed by atoms with van der Waals surface area (Å²) < 4.78 is 12.5. The molecule has 0 amide bonds. The van der Waals surface area contributed by atoms with Crippen molar-refractivity contribution in [2.45, 2.75) is 124 Å². The molecule has 1 aliphatic rings. The van der Waals surface area contributed by atoms with Gasteiger partial charge < -0.3 is 14.3 Å². The predicted octanol–water partition coefficient (Wildman–Crippen LogP) is 6.24. The molecular formula is C24H46O4Si. The second kappa shape index (κ2) is 10.1. The molecule has 170 valence electrons. The molecule has 0 aliphatic carbocycles. The van der Waals surface area contributed by atoms with Gasteiger partial charge >= 0.3 is 5.97 Å². The first-order valence-electron chi connectivity index (χ1n) is 11.4. The summed E-state index contributed by atoms with van der Waals surface area (Å²) >= 11 is 0. The average Bonchev–Trinajstić information content (AvgIpc) is 2.59. The molecule has 1 saturated heterocycles. The smallest absolute Gasteiger partial charge is 0.311 e. The number of ether oxygens (including phenoxy) is 1. The number of cyclic esters (lactones) is 1. The summed E-state index contributed by atoms with van der Waals surface area (Å²) in [6.45, 7) is 21.4. The standard InChI is InChI=1S/C24H46O4Si/c1-11-12-13-14-19(28-29(9,10)23(4,5)6)16-15-17(2)21-24(7,8)20(25)18(3)22(26)27-21/h15,18-21,25H,11-14,16H2,1-10H3/b17-15+/t18-,19+,20+,21+/m0/s1. The van der Waals surface area contributed by atoms with Crippen LogP contribution in [0.1, 0.15) is 87.5 Å². The summed E-state index contributed by atoms with van der Waals surface area (Å²) in [4.78, 5) is 12.2. The largest absolute Gasteiger partial charge is 0.457 e. The molecule has 0 saturated carbocycles. The van der Waals surface area contributed by atoms with Gasteiger partial charge in [-0.3, -0.25) is 4.79 Å². The number of esters is 1. The Morgan fingerprint density at radius 3 is 2.41 bits per heavy atom. The van der Waals surface area contributed by atoms with E-state index in [2.05, 4.69) is 46.9 Å². The first-order chi connectivity index (χ1) is 13.1. The lowest BCUT2D eigenvalue weighted by atomic mass is 9.71. The Hall–Kier alpha value is -0.653. The fraction of sp³-hybridized carbons (Fsp3) is 0.875. The number of rotatable bonds is 9. The minimum absolute atomic E-state index is 0.176. The lowest BCUT2D eigenvalue weighted by Crippen LogP contribution is -2.54. The molecule has 4 atom stereocenters. The van der Waals surface area contributed by atoms with E-state index in [0.29, 0.717) is 0 Å². The summed E-state index contributed by atoms with van der Waals surface area (Å²) in [5.41, 5.74) is 0.500. The Balaban J connectivity index is 2.97. The van der Waals surface area contributed by atoms with E-state index in [1.165, 1.54) is 19.3 Å². The van der Waals surface area contributed by atoms with Gasteiger partial charge in [0.15, 0.2) is 8.32 Å². The third-order valence-electron chi connectivity index (χ3n) is 7.03. The SMILES string of the molecule is CCCCC[C@H](C/C=C(\C)[C@H]1OC(=O)[C@@H](C)[C@@H](O)C1(C)C)O[Si](C)(C)C(C)(C)C. The van der Waals surface area contributed by atoms with Crippen LogP contribution in [0.15, 0.2) is 11.6 Å². The van der Waals surface area contributed by atoms with Crippen LogP contribution in [0, 0.1) is 11.3 Å². The number of hydrogen-bond acceptors (Lipinski definition) is 4. The highest BCUT2D eigenvalue weighted by atomic mass is 28.4. The molecule has 1 rings (SSSR count). The molecular weight excluding hydrogens is 380 g/mol.